The van der Waals surface area contributed by atoms with Gasteiger partial charge in [-0.2, -0.15) is 0 Å². The van der Waals surface area contributed by atoms with Crippen LogP contribution in [0.2, 0.25) is 0 Å². The third kappa shape index (κ3) is 4.14. The summed E-state index contributed by atoms with van der Waals surface area (Å²) in [6.07, 6.45) is 0. The molecule has 0 radical (unpaired) electrons. The number of carbonyl (C=O) groups is 1. The van der Waals surface area contributed by atoms with Crippen molar-refractivity contribution in [2.45, 2.75) is 13.0 Å². The Morgan fingerprint density at radius 1 is 0.931 bits per heavy atom. The van der Waals surface area contributed by atoms with Crippen LogP contribution in [-0.4, -0.2) is 44.2 Å². The fraction of sp³-hybridized carbons (Fsp3) is 0.292. The van der Waals surface area contributed by atoms with Crippen LogP contribution in [0.3, 0.4) is 0 Å². The molecule has 29 heavy (non-hydrogen) atoms. The first-order chi connectivity index (χ1) is 14.2. The number of ether oxygens (including phenoxy) is 1. The van der Waals surface area contributed by atoms with Gasteiger partial charge < -0.3 is 19.9 Å². The maximum absolute atomic E-state index is 12.8. The molecule has 0 bridgehead atoms. The maximum Gasteiger partial charge on any atom is 0.317 e. The Bertz CT molecular complexity index is 974. The Morgan fingerprint density at radius 2 is 1.62 bits per heavy atom. The Hall–Kier alpha value is -3.21. The standard InChI is InChI=1S/C24H27N3O2/c1-18(22-9-5-7-19-6-3-4-8-23(19)22)25-24(28)27-16-14-26(15-17-27)20-10-12-21(29-2)13-11-20/h3-13,18H,14-17H2,1-2H3,(H,25,28). The molecule has 1 fully saturated rings. The lowest BCUT2D eigenvalue weighted by atomic mass is 10.00. The van der Waals surface area contributed by atoms with Crippen LogP contribution < -0.4 is 15.0 Å². The van der Waals surface area contributed by atoms with Crippen LogP contribution in [-0.2, 0) is 0 Å². The van der Waals surface area contributed by atoms with E-state index in [2.05, 4.69) is 46.6 Å². The van der Waals surface area contributed by atoms with Gasteiger partial charge in [0.2, 0.25) is 0 Å². The lowest BCUT2D eigenvalue weighted by Gasteiger charge is -2.36. The van der Waals surface area contributed by atoms with Crippen molar-refractivity contribution >= 4 is 22.5 Å². The highest BCUT2D eigenvalue weighted by atomic mass is 16.5. The van der Waals surface area contributed by atoms with E-state index in [0.29, 0.717) is 13.1 Å². The van der Waals surface area contributed by atoms with Gasteiger partial charge in [0, 0.05) is 31.9 Å². The van der Waals surface area contributed by atoms with Crippen molar-refractivity contribution in [3.05, 3.63) is 72.3 Å². The number of methoxy groups -OCH3 is 1. The van der Waals surface area contributed by atoms with E-state index in [-0.39, 0.29) is 12.1 Å². The topological polar surface area (TPSA) is 44.8 Å². The highest BCUT2D eigenvalue weighted by Crippen LogP contribution is 2.25. The molecule has 5 heteroatoms. The fourth-order valence-electron chi connectivity index (χ4n) is 3.94. The van der Waals surface area contributed by atoms with Gasteiger partial charge in [0.15, 0.2) is 0 Å². The molecule has 1 N–H and O–H groups in total. The number of nitrogens with zero attached hydrogens (tertiary/aromatic N) is 2. The van der Waals surface area contributed by atoms with E-state index in [0.717, 1.165) is 30.1 Å². The normalized spacial score (nSPS) is 15.2. The number of fused-ring (bicyclic) bond motifs is 1. The van der Waals surface area contributed by atoms with Crippen LogP contribution >= 0.6 is 0 Å². The zero-order chi connectivity index (χ0) is 20.2. The zero-order valence-electron chi connectivity index (χ0n) is 17.0. The molecule has 0 saturated carbocycles. The molecule has 5 nitrogen and oxygen atoms in total. The summed E-state index contributed by atoms with van der Waals surface area (Å²) in [4.78, 5) is 17.0. The van der Waals surface area contributed by atoms with E-state index in [1.54, 1.807) is 7.11 Å². The number of piperazine rings is 1. The molecule has 1 atom stereocenters. The predicted molar refractivity (Wildman–Crippen MR) is 118 cm³/mol. The number of nitrogens with one attached hydrogen (secondary N) is 1. The number of anilines is 1. The number of carbonyl (C=O) groups excluding carboxylic acids is 1. The van der Waals surface area contributed by atoms with Gasteiger partial charge >= 0.3 is 6.03 Å². The first-order valence-electron chi connectivity index (χ1n) is 10.1. The van der Waals surface area contributed by atoms with Gasteiger partial charge in [0.25, 0.3) is 0 Å². The van der Waals surface area contributed by atoms with Crippen LogP contribution in [0.1, 0.15) is 18.5 Å². The average Bonchev–Trinajstić information content (AvgIpc) is 2.78. The Labute approximate surface area is 171 Å². The van der Waals surface area contributed by atoms with Crippen molar-refractivity contribution < 1.29 is 9.53 Å². The van der Waals surface area contributed by atoms with Crippen molar-refractivity contribution in [3.63, 3.8) is 0 Å². The SMILES string of the molecule is COc1ccc(N2CCN(C(=O)NC(C)c3cccc4ccccc34)CC2)cc1. The fourth-order valence-corrected chi connectivity index (χ4v) is 3.94. The first kappa shape index (κ1) is 19.1. The molecule has 0 aromatic heterocycles. The van der Waals surface area contributed by atoms with E-state index in [1.807, 2.05) is 42.2 Å². The lowest BCUT2D eigenvalue weighted by molar-refractivity contribution is 0.191. The number of rotatable bonds is 4. The second-order valence-electron chi connectivity index (χ2n) is 7.41. The summed E-state index contributed by atoms with van der Waals surface area (Å²) in [5.41, 5.74) is 2.31. The van der Waals surface area contributed by atoms with Crippen LogP contribution in [0.25, 0.3) is 10.8 Å². The van der Waals surface area contributed by atoms with Crippen LogP contribution in [0.4, 0.5) is 10.5 Å². The average molecular weight is 389 g/mol. The van der Waals surface area contributed by atoms with Gasteiger partial charge in [-0.1, -0.05) is 42.5 Å². The monoisotopic (exact) mass is 389 g/mol. The van der Waals surface area contributed by atoms with E-state index < -0.39 is 0 Å². The number of hydrogen-bond donors (Lipinski definition) is 1. The van der Waals surface area contributed by atoms with Crippen LogP contribution in [0, 0.1) is 0 Å². The molecule has 1 aliphatic rings. The molecule has 3 aromatic carbocycles. The second-order valence-corrected chi connectivity index (χ2v) is 7.41. The third-order valence-electron chi connectivity index (χ3n) is 5.63. The Morgan fingerprint density at radius 3 is 2.34 bits per heavy atom. The van der Waals surface area contributed by atoms with Crippen molar-refractivity contribution in [3.8, 4) is 5.75 Å². The van der Waals surface area contributed by atoms with Gasteiger partial charge in [0.1, 0.15) is 5.75 Å². The van der Waals surface area contributed by atoms with E-state index in [1.165, 1.54) is 10.8 Å². The molecule has 1 unspecified atom stereocenters. The summed E-state index contributed by atoms with van der Waals surface area (Å²) in [7, 11) is 1.67. The summed E-state index contributed by atoms with van der Waals surface area (Å²) in [6.45, 7) is 5.11. The van der Waals surface area contributed by atoms with Gasteiger partial charge in [0.05, 0.1) is 13.2 Å². The van der Waals surface area contributed by atoms with Gasteiger partial charge in [-0.15, -0.1) is 0 Å². The van der Waals surface area contributed by atoms with E-state index >= 15 is 0 Å². The minimum absolute atomic E-state index is 0.000171. The summed E-state index contributed by atoms with van der Waals surface area (Å²) in [6, 6.07) is 22.6. The molecule has 1 aliphatic heterocycles. The number of amides is 2. The molecule has 150 valence electrons. The van der Waals surface area contributed by atoms with Crippen molar-refractivity contribution in [2.75, 3.05) is 38.2 Å². The maximum atomic E-state index is 12.8. The molecule has 2 amide bonds. The van der Waals surface area contributed by atoms with Crippen molar-refractivity contribution in [1.29, 1.82) is 0 Å². The minimum atomic E-state index is -0.0479. The number of benzene rings is 3. The molecular weight excluding hydrogens is 362 g/mol. The molecular formula is C24H27N3O2. The van der Waals surface area contributed by atoms with Crippen molar-refractivity contribution in [2.24, 2.45) is 0 Å². The Balaban J connectivity index is 1.37. The second kappa shape index (κ2) is 8.43. The third-order valence-corrected chi connectivity index (χ3v) is 5.63. The van der Waals surface area contributed by atoms with Gasteiger partial charge in [-0.05, 0) is 47.5 Å². The summed E-state index contributed by atoms with van der Waals surface area (Å²) >= 11 is 0. The zero-order valence-corrected chi connectivity index (χ0v) is 17.0. The smallest absolute Gasteiger partial charge is 0.317 e. The molecule has 1 heterocycles. The highest BCUT2D eigenvalue weighted by molar-refractivity contribution is 5.86. The predicted octanol–water partition coefficient (Wildman–Crippen LogP) is 4.44. The Kier molecular flexibility index (Phi) is 5.56. The largest absolute Gasteiger partial charge is 0.497 e. The summed E-state index contributed by atoms with van der Waals surface area (Å²) in [5.74, 6) is 0.856. The lowest BCUT2D eigenvalue weighted by Crippen LogP contribution is -2.52. The van der Waals surface area contributed by atoms with Gasteiger partial charge in [-0.25, -0.2) is 4.79 Å². The quantitative estimate of drug-likeness (QED) is 0.717. The van der Waals surface area contributed by atoms with Crippen LogP contribution in [0.5, 0.6) is 5.75 Å². The number of urea groups is 1. The molecule has 0 spiro atoms. The minimum Gasteiger partial charge on any atom is -0.497 e. The van der Waals surface area contributed by atoms with E-state index in [4.69, 9.17) is 4.74 Å². The number of hydrogen-bond acceptors (Lipinski definition) is 3. The molecule has 1 saturated heterocycles. The molecule has 3 aromatic rings. The summed E-state index contributed by atoms with van der Waals surface area (Å²) < 4.78 is 5.23. The molecule has 4 rings (SSSR count). The summed E-state index contributed by atoms with van der Waals surface area (Å²) in [5, 5.41) is 5.56. The first-order valence-corrected chi connectivity index (χ1v) is 10.1. The van der Waals surface area contributed by atoms with E-state index in [9.17, 15) is 4.79 Å². The van der Waals surface area contributed by atoms with Gasteiger partial charge in [-0.3, -0.25) is 0 Å². The molecule has 0 aliphatic carbocycles. The highest BCUT2D eigenvalue weighted by Gasteiger charge is 2.23. The van der Waals surface area contributed by atoms with Crippen LogP contribution in [0.15, 0.2) is 66.7 Å². The van der Waals surface area contributed by atoms with Crippen molar-refractivity contribution in [1.82, 2.24) is 10.2 Å².